The van der Waals surface area contributed by atoms with E-state index >= 15 is 0 Å². The van der Waals surface area contributed by atoms with E-state index in [2.05, 4.69) is 11.9 Å². The topological polar surface area (TPSA) is 96.2 Å². The van der Waals surface area contributed by atoms with E-state index in [4.69, 9.17) is 12.2 Å². The summed E-state index contributed by atoms with van der Waals surface area (Å²) >= 11 is 5.24. The largest absolute Gasteiger partial charge is 0.508 e. The van der Waals surface area contributed by atoms with Crippen molar-refractivity contribution in [1.29, 1.82) is 0 Å². The molecule has 7 heteroatoms. The van der Waals surface area contributed by atoms with Gasteiger partial charge in [-0.3, -0.25) is 4.90 Å². The monoisotopic (exact) mass is 332 g/mol. The molecular formula is C16H16N2O4S. The van der Waals surface area contributed by atoms with Gasteiger partial charge < -0.3 is 25.7 Å². The number of para-hydroxylation sites is 1. The highest BCUT2D eigenvalue weighted by Crippen LogP contribution is 2.40. The molecule has 0 fully saturated rings. The number of hydrogen-bond acceptors (Lipinski definition) is 5. The third-order valence-electron chi connectivity index (χ3n) is 3.21. The number of aromatic hydroxyl groups is 4. The maximum atomic E-state index is 10.1. The summed E-state index contributed by atoms with van der Waals surface area (Å²) in [7, 11) is 1.60. The quantitative estimate of drug-likeness (QED) is 0.435. The van der Waals surface area contributed by atoms with Gasteiger partial charge in [0.25, 0.3) is 0 Å². The lowest BCUT2D eigenvalue weighted by Crippen LogP contribution is -2.36. The van der Waals surface area contributed by atoms with Crippen LogP contribution in [0, 0.1) is 0 Å². The number of rotatable bonds is 3. The fourth-order valence-electron chi connectivity index (χ4n) is 2.07. The van der Waals surface area contributed by atoms with Crippen LogP contribution in [0.1, 0.15) is 5.56 Å². The molecule has 23 heavy (non-hydrogen) atoms. The third-order valence-corrected chi connectivity index (χ3v) is 3.60. The van der Waals surface area contributed by atoms with Crippen molar-refractivity contribution in [3.05, 3.63) is 48.5 Å². The van der Waals surface area contributed by atoms with Crippen molar-refractivity contribution in [1.82, 2.24) is 5.32 Å². The van der Waals surface area contributed by atoms with E-state index in [1.807, 2.05) is 0 Å². The summed E-state index contributed by atoms with van der Waals surface area (Å²) in [5.74, 6) is -0.973. The second-order valence-corrected chi connectivity index (χ2v) is 5.07. The zero-order valence-corrected chi connectivity index (χ0v) is 13.1. The van der Waals surface area contributed by atoms with Gasteiger partial charge in [-0.2, -0.15) is 0 Å². The van der Waals surface area contributed by atoms with Crippen LogP contribution in [0.2, 0.25) is 0 Å². The second-order valence-electron chi connectivity index (χ2n) is 4.68. The molecule has 0 aliphatic carbocycles. The summed E-state index contributed by atoms with van der Waals surface area (Å²) in [6.07, 6.45) is 0. The smallest absolute Gasteiger partial charge is 0.182 e. The Morgan fingerprint density at radius 2 is 1.78 bits per heavy atom. The minimum Gasteiger partial charge on any atom is -0.508 e. The van der Waals surface area contributed by atoms with Crippen LogP contribution in [-0.2, 0) is 0 Å². The molecule has 0 spiro atoms. The molecule has 0 saturated heterocycles. The molecule has 2 aromatic rings. The lowest BCUT2D eigenvalue weighted by molar-refractivity contribution is 0.405. The van der Waals surface area contributed by atoms with Crippen LogP contribution in [0.4, 0.5) is 5.69 Å². The predicted molar refractivity (Wildman–Crippen MR) is 92.7 cm³/mol. The highest BCUT2D eigenvalue weighted by atomic mass is 32.1. The molecule has 0 radical (unpaired) electrons. The van der Waals surface area contributed by atoms with Crippen molar-refractivity contribution >= 4 is 28.7 Å². The van der Waals surface area contributed by atoms with E-state index < -0.39 is 0 Å². The number of benzene rings is 2. The van der Waals surface area contributed by atoms with Gasteiger partial charge in [0.15, 0.2) is 16.6 Å². The van der Waals surface area contributed by atoms with E-state index in [9.17, 15) is 20.4 Å². The standard InChI is InChI=1S/C16H16N2O4S/c1-9(11-7-6-10(19)8-14(11)21)18(16(23)17-2)12-4-3-5-13(20)15(12)22/h3-8,19-22H,1H2,2H3,(H,17,23). The van der Waals surface area contributed by atoms with Crippen LogP contribution in [0.15, 0.2) is 43.0 Å². The molecule has 0 bridgehead atoms. The normalized spacial score (nSPS) is 10.1. The highest BCUT2D eigenvalue weighted by molar-refractivity contribution is 7.80. The average Bonchev–Trinajstić information content (AvgIpc) is 2.51. The molecule has 5 N–H and O–H groups in total. The summed E-state index contributed by atoms with van der Waals surface area (Å²) in [5.41, 5.74) is 0.757. The number of nitrogens with zero attached hydrogens (tertiary/aromatic N) is 1. The summed E-state index contributed by atoms with van der Waals surface area (Å²) in [6.45, 7) is 3.90. The van der Waals surface area contributed by atoms with Gasteiger partial charge in [-0.25, -0.2) is 0 Å². The lowest BCUT2D eigenvalue weighted by Gasteiger charge is -2.28. The molecule has 0 heterocycles. The van der Waals surface area contributed by atoms with Gasteiger partial charge in [0.05, 0.1) is 11.4 Å². The number of nitrogens with one attached hydrogen (secondary N) is 1. The summed E-state index contributed by atoms with van der Waals surface area (Å²) in [6, 6.07) is 8.45. The summed E-state index contributed by atoms with van der Waals surface area (Å²) in [5, 5.41) is 42.2. The second kappa shape index (κ2) is 6.45. The van der Waals surface area contributed by atoms with E-state index in [1.165, 1.54) is 29.2 Å². The molecule has 0 atom stereocenters. The molecule has 0 aliphatic rings. The van der Waals surface area contributed by atoms with Gasteiger partial charge in [-0.1, -0.05) is 12.6 Å². The van der Waals surface area contributed by atoms with Gasteiger partial charge in [0.1, 0.15) is 11.5 Å². The molecule has 6 nitrogen and oxygen atoms in total. The predicted octanol–water partition coefficient (Wildman–Crippen LogP) is 2.49. The van der Waals surface area contributed by atoms with E-state index in [1.54, 1.807) is 19.2 Å². The van der Waals surface area contributed by atoms with Crippen molar-refractivity contribution in [2.24, 2.45) is 0 Å². The fraction of sp³-hybridized carbons (Fsp3) is 0.0625. The molecule has 0 amide bonds. The Morgan fingerprint density at radius 3 is 2.39 bits per heavy atom. The Hall–Kier alpha value is -2.93. The molecule has 0 saturated carbocycles. The molecule has 0 aromatic heterocycles. The number of thiocarbonyl (C=S) groups is 1. The Morgan fingerprint density at radius 1 is 1.09 bits per heavy atom. The van der Waals surface area contributed by atoms with Gasteiger partial charge in [-0.05, 0) is 36.5 Å². The van der Waals surface area contributed by atoms with Crippen molar-refractivity contribution in [2.75, 3.05) is 11.9 Å². The Kier molecular flexibility index (Phi) is 4.61. The summed E-state index contributed by atoms with van der Waals surface area (Å²) in [4.78, 5) is 1.37. The number of anilines is 1. The fourth-order valence-corrected chi connectivity index (χ4v) is 2.28. The molecule has 2 aromatic carbocycles. The molecular weight excluding hydrogens is 316 g/mol. The van der Waals surface area contributed by atoms with Crippen molar-refractivity contribution in [3.63, 3.8) is 0 Å². The van der Waals surface area contributed by atoms with Crippen LogP contribution in [0.5, 0.6) is 23.0 Å². The Labute approximate surface area is 138 Å². The van der Waals surface area contributed by atoms with E-state index in [-0.39, 0.29) is 39.5 Å². The first-order chi connectivity index (χ1) is 10.9. The first-order valence-corrected chi connectivity index (χ1v) is 7.01. The number of phenols is 4. The summed E-state index contributed by atoms with van der Waals surface area (Å²) < 4.78 is 0. The van der Waals surface area contributed by atoms with Crippen molar-refractivity contribution in [3.8, 4) is 23.0 Å². The van der Waals surface area contributed by atoms with Crippen molar-refractivity contribution < 1.29 is 20.4 Å². The molecule has 120 valence electrons. The molecule has 0 aliphatic heterocycles. The maximum Gasteiger partial charge on any atom is 0.182 e. The maximum absolute atomic E-state index is 10.1. The van der Waals surface area contributed by atoms with Crippen LogP contribution in [0.3, 0.4) is 0 Å². The van der Waals surface area contributed by atoms with E-state index in [0.717, 1.165) is 0 Å². The Balaban J connectivity index is 2.57. The van der Waals surface area contributed by atoms with Crippen LogP contribution in [0.25, 0.3) is 5.70 Å². The first kappa shape index (κ1) is 16.4. The highest BCUT2D eigenvalue weighted by Gasteiger charge is 2.22. The molecule has 0 unspecified atom stereocenters. The zero-order chi connectivity index (χ0) is 17.1. The number of hydrogen-bond donors (Lipinski definition) is 5. The first-order valence-electron chi connectivity index (χ1n) is 6.60. The average molecular weight is 332 g/mol. The zero-order valence-electron chi connectivity index (χ0n) is 12.3. The van der Waals surface area contributed by atoms with Crippen molar-refractivity contribution in [2.45, 2.75) is 0 Å². The van der Waals surface area contributed by atoms with Gasteiger partial charge in [0.2, 0.25) is 0 Å². The van der Waals surface area contributed by atoms with Crippen LogP contribution in [-0.4, -0.2) is 32.6 Å². The lowest BCUT2D eigenvalue weighted by atomic mass is 10.1. The SMILES string of the molecule is C=C(c1ccc(O)cc1O)N(C(=S)NC)c1cccc(O)c1O. The van der Waals surface area contributed by atoms with Gasteiger partial charge in [0, 0.05) is 18.7 Å². The third kappa shape index (κ3) is 3.14. The van der Waals surface area contributed by atoms with Crippen LogP contribution < -0.4 is 10.2 Å². The van der Waals surface area contributed by atoms with Crippen LogP contribution >= 0.6 is 12.2 Å². The minimum absolute atomic E-state index is 0.0954. The number of phenolic OH excluding ortho intramolecular Hbond substituents is 4. The molecule has 2 rings (SSSR count). The van der Waals surface area contributed by atoms with Gasteiger partial charge in [-0.15, -0.1) is 0 Å². The minimum atomic E-state index is -0.371. The van der Waals surface area contributed by atoms with E-state index in [0.29, 0.717) is 5.56 Å². The Bertz CT molecular complexity index is 777. The van der Waals surface area contributed by atoms with Gasteiger partial charge >= 0.3 is 0 Å².